The summed E-state index contributed by atoms with van der Waals surface area (Å²) in [6.45, 7) is 6.11. The van der Waals surface area contributed by atoms with Gasteiger partial charge >= 0.3 is 0 Å². The van der Waals surface area contributed by atoms with Crippen LogP contribution in [-0.2, 0) is 9.53 Å². The molecule has 5 nitrogen and oxygen atoms in total. The number of hydrogen-bond acceptors (Lipinski definition) is 4. The highest BCUT2D eigenvalue weighted by Crippen LogP contribution is 2.15. The Morgan fingerprint density at radius 3 is 2.52 bits per heavy atom. The second kappa shape index (κ2) is 10.3. The van der Waals surface area contributed by atoms with Crippen LogP contribution < -0.4 is 5.32 Å². The monoisotopic (exact) mass is 326 g/mol. The van der Waals surface area contributed by atoms with Crippen molar-refractivity contribution in [2.24, 2.45) is 5.92 Å². The Balaban J connectivity index is 2.62. The molecule has 0 heterocycles. The Morgan fingerprint density at radius 1 is 1.30 bits per heavy atom. The molecule has 1 unspecified atom stereocenters. The number of aliphatic hydroxyl groups excluding tert-OH is 1. The van der Waals surface area contributed by atoms with E-state index in [0.29, 0.717) is 31.2 Å². The highest BCUT2D eigenvalue weighted by atomic mass is 19.1. The number of methoxy groups -OCH3 is 1. The molecule has 1 rings (SSSR count). The van der Waals surface area contributed by atoms with Gasteiger partial charge in [-0.3, -0.25) is 4.79 Å². The molecular formula is C17H27FN2O3. The molecule has 1 aromatic carbocycles. The molecule has 130 valence electrons. The van der Waals surface area contributed by atoms with Crippen LogP contribution in [0.15, 0.2) is 24.3 Å². The van der Waals surface area contributed by atoms with Gasteiger partial charge in [-0.25, -0.2) is 4.39 Å². The highest BCUT2D eigenvalue weighted by Gasteiger charge is 2.19. The zero-order valence-corrected chi connectivity index (χ0v) is 14.1. The van der Waals surface area contributed by atoms with Crippen molar-refractivity contribution < 1.29 is 19.0 Å². The first-order chi connectivity index (χ1) is 10.9. The molecule has 0 aliphatic carbocycles. The van der Waals surface area contributed by atoms with Gasteiger partial charge in [-0.05, 0) is 23.6 Å². The zero-order chi connectivity index (χ0) is 17.2. The number of aliphatic hydroxyl groups is 1. The lowest BCUT2D eigenvalue weighted by molar-refractivity contribution is -0.132. The fraction of sp³-hybridized carbons (Fsp3) is 0.588. The number of carbonyl (C=O) groups excluding carboxylic acids is 1. The van der Waals surface area contributed by atoms with Crippen LogP contribution in [0.25, 0.3) is 0 Å². The SMILES string of the molecule is COCCNCC(=O)N(CC(C)C)CC(O)c1ccc(F)cc1. The molecule has 0 spiro atoms. The fourth-order valence-electron chi connectivity index (χ4n) is 2.20. The molecule has 1 amide bonds. The largest absolute Gasteiger partial charge is 0.387 e. The third-order valence-electron chi connectivity index (χ3n) is 3.35. The highest BCUT2D eigenvalue weighted by molar-refractivity contribution is 5.78. The molecule has 6 heteroatoms. The Hall–Kier alpha value is -1.50. The van der Waals surface area contributed by atoms with Gasteiger partial charge in [0.2, 0.25) is 5.91 Å². The van der Waals surface area contributed by atoms with E-state index >= 15 is 0 Å². The van der Waals surface area contributed by atoms with E-state index in [1.54, 1.807) is 12.0 Å². The van der Waals surface area contributed by atoms with Gasteiger partial charge in [0.15, 0.2) is 0 Å². The van der Waals surface area contributed by atoms with E-state index in [4.69, 9.17) is 4.74 Å². The topological polar surface area (TPSA) is 61.8 Å². The molecule has 0 saturated heterocycles. The summed E-state index contributed by atoms with van der Waals surface area (Å²) in [5, 5.41) is 13.3. The summed E-state index contributed by atoms with van der Waals surface area (Å²) < 4.78 is 17.9. The maximum Gasteiger partial charge on any atom is 0.236 e. The molecule has 0 aromatic heterocycles. The molecule has 1 atom stereocenters. The van der Waals surface area contributed by atoms with Crippen molar-refractivity contribution in [3.63, 3.8) is 0 Å². The number of ether oxygens (including phenoxy) is 1. The standard InChI is InChI=1S/C17H27FN2O3/c1-13(2)11-20(17(22)10-19-8-9-23-3)12-16(21)14-4-6-15(18)7-5-14/h4-7,13,16,19,21H,8-12H2,1-3H3. The summed E-state index contributed by atoms with van der Waals surface area (Å²) in [7, 11) is 1.60. The van der Waals surface area contributed by atoms with Gasteiger partial charge in [0.05, 0.1) is 25.8 Å². The number of benzene rings is 1. The van der Waals surface area contributed by atoms with Gasteiger partial charge in [-0.1, -0.05) is 26.0 Å². The van der Waals surface area contributed by atoms with Crippen molar-refractivity contribution >= 4 is 5.91 Å². The van der Waals surface area contributed by atoms with Crippen LogP contribution in [0.2, 0.25) is 0 Å². The molecule has 0 aliphatic rings. The molecule has 0 bridgehead atoms. The van der Waals surface area contributed by atoms with Crippen LogP contribution >= 0.6 is 0 Å². The average molecular weight is 326 g/mol. The third-order valence-corrected chi connectivity index (χ3v) is 3.35. The number of halogens is 1. The first-order valence-electron chi connectivity index (χ1n) is 7.85. The van der Waals surface area contributed by atoms with Gasteiger partial charge in [0.25, 0.3) is 0 Å². The summed E-state index contributed by atoms with van der Waals surface area (Å²) in [4.78, 5) is 14.0. The lowest BCUT2D eigenvalue weighted by Crippen LogP contribution is -2.42. The fourth-order valence-corrected chi connectivity index (χ4v) is 2.20. The predicted molar refractivity (Wildman–Crippen MR) is 87.5 cm³/mol. The van der Waals surface area contributed by atoms with Crippen LogP contribution in [0.1, 0.15) is 25.5 Å². The van der Waals surface area contributed by atoms with Crippen molar-refractivity contribution in [3.05, 3.63) is 35.6 Å². The molecule has 2 N–H and O–H groups in total. The zero-order valence-electron chi connectivity index (χ0n) is 14.1. The van der Waals surface area contributed by atoms with E-state index in [1.165, 1.54) is 24.3 Å². The van der Waals surface area contributed by atoms with Crippen LogP contribution in [0.5, 0.6) is 0 Å². The lowest BCUT2D eigenvalue weighted by Gasteiger charge is -2.27. The van der Waals surface area contributed by atoms with E-state index in [9.17, 15) is 14.3 Å². The number of carbonyl (C=O) groups is 1. The average Bonchev–Trinajstić information content (AvgIpc) is 2.50. The summed E-state index contributed by atoms with van der Waals surface area (Å²) in [5.74, 6) is -0.132. The summed E-state index contributed by atoms with van der Waals surface area (Å²) in [5.41, 5.74) is 0.597. The number of amides is 1. The van der Waals surface area contributed by atoms with Gasteiger partial charge in [-0.2, -0.15) is 0 Å². The van der Waals surface area contributed by atoms with E-state index < -0.39 is 6.10 Å². The van der Waals surface area contributed by atoms with E-state index in [1.807, 2.05) is 13.8 Å². The predicted octanol–water partition coefficient (Wildman–Crippen LogP) is 1.58. The number of nitrogens with zero attached hydrogens (tertiary/aromatic N) is 1. The first-order valence-corrected chi connectivity index (χ1v) is 7.85. The van der Waals surface area contributed by atoms with Crippen molar-refractivity contribution in [2.45, 2.75) is 20.0 Å². The Kier molecular flexibility index (Phi) is 8.76. The third kappa shape index (κ3) is 7.54. The number of hydrogen-bond donors (Lipinski definition) is 2. The van der Waals surface area contributed by atoms with Crippen LogP contribution in [0, 0.1) is 11.7 Å². The number of nitrogens with one attached hydrogen (secondary N) is 1. The van der Waals surface area contributed by atoms with Crippen molar-refractivity contribution in [3.8, 4) is 0 Å². The van der Waals surface area contributed by atoms with Crippen LogP contribution in [0.3, 0.4) is 0 Å². The van der Waals surface area contributed by atoms with Gasteiger partial charge < -0.3 is 20.1 Å². The van der Waals surface area contributed by atoms with Crippen LogP contribution in [0.4, 0.5) is 4.39 Å². The second-order valence-corrected chi connectivity index (χ2v) is 5.93. The molecule has 1 aromatic rings. The minimum atomic E-state index is -0.836. The molecule has 0 radical (unpaired) electrons. The smallest absolute Gasteiger partial charge is 0.236 e. The Labute approximate surface area is 137 Å². The summed E-state index contributed by atoms with van der Waals surface area (Å²) in [6.07, 6.45) is -0.836. The quantitative estimate of drug-likeness (QED) is 0.641. The lowest BCUT2D eigenvalue weighted by atomic mass is 10.1. The minimum Gasteiger partial charge on any atom is -0.387 e. The minimum absolute atomic E-state index is 0.0732. The van der Waals surface area contributed by atoms with E-state index in [-0.39, 0.29) is 24.8 Å². The van der Waals surface area contributed by atoms with E-state index in [0.717, 1.165) is 0 Å². The maximum absolute atomic E-state index is 13.0. The second-order valence-electron chi connectivity index (χ2n) is 5.93. The molecule has 0 saturated carbocycles. The summed E-state index contributed by atoms with van der Waals surface area (Å²) >= 11 is 0. The Bertz CT molecular complexity index is 465. The Morgan fingerprint density at radius 2 is 1.96 bits per heavy atom. The molecular weight excluding hydrogens is 299 g/mol. The number of rotatable bonds is 10. The molecule has 23 heavy (non-hydrogen) atoms. The van der Waals surface area contributed by atoms with Gasteiger partial charge in [0.1, 0.15) is 5.82 Å². The van der Waals surface area contributed by atoms with Gasteiger partial charge in [0, 0.05) is 20.2 Å². The summed E-state index contributed by atoms with van der Waals surface area (Å²) in [6, 6.07) is 5.68. The molecule has 0 aliphatic heterocycles. The van der Waals surface area contributed by atoms with Crippen molar-refractivity contribution in [2.75, 3.05) is 39.9 Å². The molecule has 0 fully saturated rings. The van der Waals surface area contributed by atoms with Crippen molar-refractivity contribution in [1.29, 1.82) is 0 Å². The van der Waals surface area contributed by atoms with Crippen molar-refractivity contribution in [1.82, 2.24) is 10.2 Å². The maximum atomic E-state index is 13.0. The normalized spacial score (nSPS) is 12.4. The van der Waals surface area contributed by atoms with E-state index in [2.05, 4.69) is 5.32 Å². The van der Waals surface area contributed by atoms with Crippen LogP contribution in [-0.4, -0.2) is 55.8 Å². The van der Waals surface area contributed by atoms with Gasteiger partial charge in [-0.15, -0.1) is 0 Å². The first kappa shape index (κ1) is 19.5.